The first-order valence-electron chi connectivity index (χ1n) is 9.46. The van der Waals surface area contributed by atoms with Crippen molar-refractivity contribution in [2.75, 3.05) is 16.8 Å². The highest BCUT2D eigenvalue weighted by Gasteiger charge is 2.20. The Morgan fingerprint density at radius 1 is 0.963 bits per heavy atom. The predicted molar refractivity (Wildman–Crippen MR) is 112 cm³/mol. The van der Waals surface area contributed by atoms with Crippen molar-refractivity contribution in [3.8, 4) is 0 Å². The molecule has 0 atom stereocenters. The van der Waals surface area contributed by atoms with Gasteiger partial charge in [0.2, 0.25) is 11.8 Å². The lowest BCUT2D eigenvalue weighted by atomic mass is 9.97. The molecule has 1 N–H and O–H groups in total. The summed E-state index contributed by atoms with van der Waals surface area (Å²) in [5.41, 5.74) is 6.03. The number of aryl methyl sites for hydroxylation is 3. The van der Waals surface area contributed by atoms with Crippen LogP contribution in [0.5, 0.6) is 0 Å². The van der Waals surface area contributed by atoms with Gasteiger partial charge in [0.05, 0.1) is 0 Å². The second-order valence-electron chi connectivity index (χ2n) is 7.40. The molecule has 0 heterocycles. The van der Waals surface area contributed by atoms with Gasteiger partial charge in [-0.1, -0.05) is 50.2 Å². The van der Waals surface area contributed by atoms with E-state index in [9.17, 15) is 9.59 Å². The number of amides is 2. The van der Waals surface area contributed by atoms with Crippen molar-refractivity contribution in [1.82, 2.24) is 0 Å². The summed E-state index contributed by atoms with van der Waals surface area (Å²) in [5.74, 6) is 0.162. The first-order valence-corrected chi connectivity index (χ1v) is 9.46. The molecule has 2 rings (SSSR count). The summed E-state index contributed by atoms with van der Waals surface area (Å²) >= 11 is 0. The number of hydrogen-bond acceptors (Lipinski definition) is 2. The van der Waals surface area contributed by atoms with Crippen LogP contribution in [-0.2, 0) is 9.59 Å². The molecule has 144 valence electrons. The molecular formula is C23H30N2O2. The minimum atomic E-state index is -0.0849. The van der Waals surface area contributed by atoms with Crippen LogP contribution in [0.3, 0.4) is 0 Å². The van der Waals surface area contributed by atoms with Crippen LogP contribution in [0.25, 0.3) is 0 Å². The molecule has 0 saturated carbocycles. The molecule has 0 fully saturated rings. The molecule has 4 heteroatoms. The fraction of sp³-hybridized carbons (Fsp3) is 0.391. The molecule has 0 spiro atoms. The lowest BCUT2D eigenvalue weighted by molar-refractivity contribution is -0.117. The maximum Gasteiger partial charge on any atom is 0.226 e. The number of carbonyl (C=O) groups is 2. The fourth-order valence-corrected chi connectivity index (χ4v) is 3.37. The first kappa shape index (κ1) is 20.7. The van der Waals surface area contributed by atoms with Gasteiger partial charge in [0.25, 0.3) is 0 Å². The van der Waals surface area contributed by atoms with E-state index in [2.05, 4.69) is 25.2 Å². The van der Waals surface area contributed by atoms with Gasteiger partial charge in [-0.05, 0) is 48.9 Å². The third-order valence-corrected chi connectivity index (χ3v) is 4.85. The Kier molecular flexibility index (Phi) is 6.78. The fourth-order valence-electron chi connectivity index (χ4n) is 3.37. The van der Waals surface area contributed by atoms with Crippen molar-refractivity contribution in [3.63, 3.8) is 0 Å². The zero-order chi connectivity index (χ0) is 20.1. The van der Waals surface area contributed by atoms with Gasteiger partial charge in [0, 0.05) is 31.3 Å². The second-order valence-corrected chi connectivity index (χ2v) is 7.40. The summed E-state index contributed by atoms with van der Waals surface area (Å²) in [6, 6.07) is 12.0. The lowest BCUT2D eigenvalue weighted by Crippen LogP contribution is -2.33. The maximum absolute atomic E-state index is 12.5. The van der Waals surface area contributed by atoms with E-state index in [1.807, 2.05) is 51.1 Å². The van der Waals surface area contributed by atoms with Gasteiger partial charge < -0.3 is 10.2 Å². The first-order chi connectivity index (χ1) is 12.7. The van der Waals surface area contributed by atoms with Crippen molar-refractivity contribution in [1.29, 1.82) is 0 Å². The molecule has 27 heavy (non-hydrogen) atoms. The zero-order valence-corrected chi connectivity index (χ0v) is 17.2. The van der Waals surface area contributed by atoms with Crippen molar-refractivity contribution in [2.45, 2.75) is 53.9 Å². The average molecular weight is 367 g/mol. The molecule has 0 aromatic heterocycles. The van der Waals surface area contributed by atoms with Crippen LogP contribution in [0, 0.1) is 20.8 Å². The van der Waals surface area contributed by atoms with Crippen molar-refractivity contribution >= 4 is 23.2 Å². The monoisotopic (exact) mass is 366 g/mol. The van der Waals surface area contributed by atoms with E-state index in [4.69, 9.17) is 0 Å². The molecule has 2 aromatic carbocycles. The Morgan fingerprint density at radius 3 is 2.07 bits per heavy atom. The van der Waals surface area contributed by atoms with Crippen LogP contribution >= 0.6 is 0 Å². The second kappa shape index (κ2) is 8.85. The van der Waals surface area contributed by atoms with E-state index < -0.39 is 0 Å². The number of carbonyl (C=O) groups excluding carboxylic acids is 2. The highest BCUT2D eigenvalue weighted by Crippen LogP contribution is 2.31. The number of rotatable bonds is 6. The molecule has 2 amide bonds. The van der Waals surface area contributed by atoms with Crippen LogP contribution in [-0.4, -0.2) is 18.4 Å². The Morgan fingerprint density at radius 2 is 1.52 bits per heavy atom. The summed E-state index contributed by atoms with van der Waals surface area (Å²) in [6.45, 7) is 12.1. The molecule has 0 aliphatic heterocycles. The summed E-state index contributed by atoms with van der Waals surface area (Å²) in [5, 5.41) is 3.00. The van der Waals surface area contributed by atoms with Gasteiger partial charge in [-0.3, -0.25) is 9.59 Å². The highest BCUT2D eigenvalue weighted by molar-refractivity contribution is 5.96. The van der Waals surface area contributed by atoms with Crippen LogP contribution in [0.1, 0.15) is 55.4 Å². The number of hydrogen-bond donors (Lipinski definition) is 1. The third kappa shape index (κ3) is 4.97. The van der Waals surface area contributed by atoms with Crippen molar-refractivity contribution < 1.29 is 9.59 Å². The molecule has 0 saturated heterocycles. The van der Waals surface area contributed by atoms with Crippen molar-refractivity contribution in [2.24, 2.45) is 0 Å². The van der Waals surface area contributed by atoms with Gasteiger partial charge in [-0.15, -0.1) is 0 Å². The number of anilines is 2. The zero-order valence-electron chi connectivity index (χ0n) is 17.2. The molecular weight excluding hydrogens is 336 g/mol. The van der Waals surface area contributed by atoms with E-state index >= 15 is 0 Å². The van der Waals surface area contributed by atoms with E-state index in [-0.39, 0.29) is 18.2 Å². The quantitative estimate of drug-likeness (QED) is 0.771. The Balaban J connectivity index is 2.19. The largest absolute Gasteiger partial charge is 0.326 e. The standard InChI is InChI=1S/C23H30N2O2/c1-15(2)20-12-8-11-18(5)23(20)25(19(6)26)14-13-21(27)24-22-16(3)9-7-10-17(22)4/h7-12,15H,13-14H2,1-6H3,(H,24,27). The molecule has 0 unspecified atom stereocenters. The Hall–Kier alpha value is -2.62. The Bertz CT molecular complexity index is 820. The molecule has 0 aliphatic carbocycles. The van der Waals surface area contributed by atoms with Gasteiger partial charge >= 0.3 is 0 Å². The number of nitrogens with zero attached hydrogens (tertiary/aromatic N) is 1. The van der Waals surface area contributed by atoms with Gasteiger partial charge in [0.15, 0.2) is 0 Å². The number of benzene rings is 2. The van der Waals surface area contributed by atoms with E-state index in [1.165, 1.54) is 0 Å². The predicted octanol–water partition coefficient (Wildman–Crippen LogP) is 5.12. The van der Waals surface area contributed by atoms with Gasteiger partial charge in [-0.2, -0.15) is 0 Å². The van der Waals surface area contributed by atoms with Crippen molar-refractivity contribution in [3.05, 3.63) is 58.7 Å². The average Bonchev–Trinajstić information content (AvgIpc) is 2.59. The summed E-state index contributed by atoms with van der Waals surface area (Å²) in [4.78, 5) is 26.6. The minimum absolute atomic E-state index is 0.0499. The van der Waals surface area contributed by atoms with E-state index in [0.717, 1.165) is 33.6 Å². The van der Waals surface area contributed by atoms with E-state index in [1.54, 1.807) is 11.8 Å². The van der Waals surface area contributed by atoms with E-state index in [0.29, 0.717) is 12.5 Å². The minimum Gasteiger partial charge on any atom is -0.326 e. The third-order valence-electron chi connectivity index (χ3n) is 4.85. The van der Waals surface area contributed by atoms with Crippen LogP contribution < -0.4 is 10.2 Å². The molecule has 4 nitrogen and oxygen atoms in total. The molecule has 0 aliphatic rings. The highest BCUT2D eigenvalue weighted by atomic mass is 16.2. The van der Waals surface area contributed by atoms with Gasteiger partial charge in [-0.25, -0.2) is 0 Å². The topological polar surface area (TPSA) is 49.4 Å². The number of nitrogens with one attached hydrogen (secondary N) is 1. The Labute approximate surface area is 162 Å². The summed E-state index contributed by atoms with van der Waals surface area (Å²) in [7, 11) is 0. The molecule has 0 bridgehead atoms. The normalized spacial score (nSPS) is 10.8. The smallest absolute Gasteiger partial charge is 0.226 e. The van der Waals surface area contributed by atoms with Crippen LogP contribution in [0.2, 0.25) is 0 Å². The maximum atomic E-state index is 12.5. The number of para-hydroxylation sites is 2. The summed E-state index contributed by atoms with van der Waals surface area (Å²) < 4.78 is 0. The summed E-state index contributed by atoms with van der Waals surface area (Å²) in [6.07, 6.45) is 0.249. The lowest BCUT2D eigenvalue weighted by Gasteiger charge is -2.27. The van der Waals surface area contributed by atoms with Crippen LogP contribution in [0.15, 0.2) is 36.4 Å². The SMILES string of the molecule is CC(=O)N(CCC(=O)Nc1c(C)cccc1C)c1c(C)cccc1C(C)C. The van der Waals surface area contributed by atoms with Gasteiger partial charge in [0.1, 0.15) is 0 Å². The van der Waals surface area contributed by atoms with Crippen LogP contribution in [0.4, 0.5) is 11.4 Å². The molecule has 0 radical (unpaired) electrons. The molecule has 2 aromatic rings.